The molecule has 0 aliphatic carbocycles. The maximum atomic E-state index is 11.7. The first-order valence-electron chi connectivity index (χ1n) is 4.69. The third kappa shape index (κ3) is 2.65. The third-order valence-electron chi connectivity index (χ3n) is 1.91. The third-order valence-corrected chi connectivity index (χ3v) is 2.27. The second-order valence-corrected chi connectivity index (χ2v) is 3.56. The Kier molecular flexibility index (Phi) is 4.15. The van der Waals surface area contributed by atoms with Crippen LogP contribution in [-0.4, -0.2) is 15.8 Å². The topological polar surface area (TPSA) is 46.9 Å². The summed E-state index contributed by atoms with van der Waals surface area (Å²) in [4.78, 5) is 11.7. The van der Waals surface area contributed by atoms with Crippen LogP contribution < -0.4 is 10.9 Å². The Morgan fingerprint density at radius 1 is 1.88 bits per heavy atom. The van der Waals surface area contributed by atoms with Crippen molar-refractivity contribution < 1.29 is 0 Å². The van der Waals surface area contributed by atoms with Crippen LogP contribution >= 0.6 is 11.6 Å². The zero-order chi connectivity index (χ0) is 12.1. The first-order chi connectivity index (χ1) is 7.60. The highest BCUT2D eigenvalue weighted by Crippen LogP contribution is 2.15. The summed E-state index contributed by atoms with van der Waals surface area (Å²) in [5.74, 6) is 2.48. The lowest BCUT2D eigenvalue weighted by atomic mass is 10.3. The van der Waals surface area contributed by atoms with Gasteiger partial charge in [-0.05, 0) is 6.92 Å². The quantitative estimate of drug-likeness (QED) is 0.638. The Bertz CT molecular complexity index is 487. The van der Waals surface area contributed by atoms with Crippen LogP contribution in [0.2, 0.25) is 5.02 Å². The molecule has 0 saturated heterocycles. The largest absolute Gasteiger partial charge is 0.369 e. The fourth-order valence-electron chi connectivity index (χ4n) is 1.09. The molecule has 0 fully saturated rings. The van der Waals surface area contributed by atoms with E-state index in [1.54, 1.807) is 13.0 Å². The van der Waals surface area contributed by atoms with E-state index in [0.29, 0.717) is 12.2 Å². The second kappa shape index (κ2) is 5.38. The van der Waals surface area contributed by atoms with Crippen LogP contribution in [0.3, 0.4) is 0 Å². The van der Waals surface area contributed by atoms with Crippen molar-refractivity contribution in [2.45, 2.75) is 19.5 Å². The van der Waals surface area contributed by atoms with Gasteiger partial charge in [-0.3, -0.25) is 4.79 Å². The Labute approximate surface area is 98.9 Å². The molecule has 1 atom stereocenters. The number of aromatic nitrogens is 2. The Hall–Kier alpha value is -1.73. The van der Waals surface area contributed by atoms with Gasteiger partial charge >= 0.3 is 0 Å². The number of terminal acetylenes is 1. The summed E-state index contributed by atoms with van der Waals surface area (Å²) in [6, 6.07) is -0.214. The number of rotatable bonds is 4. The van der Waals surface area contributed by atoms with Crippen molar-refractivity contribution in [1.82, 2.24) is 9.78 Å². The molecular weight excluding hydrogens is 226 g/mol. The van der Waals surface area contributed by atoms with E-state index in [4.69, 9.17) is 18.0 Å². The van der Waals surface area contributed by atoms with Gasteiger partial charge < -0.3 is 5.32 Å². The molecule has 1 N–H and O–H groups in total. The Morgan fingerprint density at radius 2 is 2.56 bits per heavy atom. The van der Waals surface area contributed by atoms with E-state index in [1.165, 1.54) is 10.9 Å². The van der Waals surface area contributed by atoms with Gasteiger partial charge in [0.05, 0.1) is 24.5 Å². The van der Waals surface area contributed by atoms with Crippen LogP contribution in [0.25, 0.3) is 0 Å². The summed E-state index contributed by atoms with van der Waals surface area (Å²) in [6.45, 7) is 5.63. The Morgan fingerprint density at radius 3 is 3.12 bits per heavy atom. The molecule has 5 heteroatoms. The fraction of sp³-hybridized carbons (Fsp3) is 0.273. The molecule has 0 aromatic carbocycles. The van der Waals surface area contributed by atoms with Crippen molar-refractivity contribution in [3.05, 3.63) is 34.2 Å². The van der Waals surface area contributed by atoms with Gasteiger partial charge in [0.2, 0.25) is 0 Å². The molecule has 1 heterocycles. The van der Waals surface area contributed by atoms with Crippen LogP contribution in [0.5, 0.6) is 0 Å². The van der Waals surface area contributed by atoms with E-state index in [0.717, 1.165) is 0 Å². The van der Waals surface area contributed by atoms with Gasteiger partial charge in [0.25, 0.3) is 5.56 Å². The minimum atomic E-state index is -0.365. The van der Waals surface area contributed by atoms with Crippen molar-refractivity contribution in [2.75, 3.05) is 5.32 Å². The average Bonchev–Trinajstić information content (AvgIpc) is 2.28. The number of hydrogen-bond acceptors (Lipinski definition) is 3. The highest BCUT2D eigenvalue weighted by Gasteiger charge is 2.09. The zero-order valence-corrected chi connectivity index (χ0v) is 9.66. The summed E-state index contributed by atoms with van der Waals surface area (Å²) < 4.78 is 1.22. The van der Waals surface area contributed by atoms with E-state index in [-0.39, 0.29) is 16.6 Å². The predicted octanol–water partition coefficient (Wildman–Crippen LogP) is 1.52. The molecule has 0 bridgehead atoms. The lowest BCUT2D eigenvalue weighted by Gasteiger charge is -2.11. The van der Waals surface area contributed by atoms with E-state index in [2.05, 4.69) is 22.9 Å². The molecule has 1 aromatic heterocycles. The smallest absolute Gasteiger partial charge is 0.287 e. The number of anilines is 1. The molecule has 4 nitrogen and oxygen atoms in total. The average molecular weight is 238 g/mol. The van der Waals surface area contributed by atoms with Crippen LogP contribution in [-0.2, 0) is 6.54 Å². The molecule has 0 aliphatic heterocycles. The SMILES string of the molecule is C#CC(C)Nc1cnn(CC=C)c(=O)c1Cl. The van der Waals surface area contributed by atoms with Gasteiger partial charge in [-0.1, -0.05) is 23.6 Å². The first kappa shape index (κ1) is 12.3. The molecule has 0 spiro atoms. The second-order valence-electron chi connectivity index (χ2n) is 3.18. The molecular formula is C11H12ClN3O. The van der Waals surface area contributed by atoms with Gasteiger partial charge in [-0.15, -0.1) is 13.0 Å². The molecule has 84 valence electrons. The van der Waals surface area contributed by atoms with E-state index < -0.39 is 0 Å². The van der Waals surface area contributed by atoms with E-state index >= 15 is 0 Å². The van der Waals surface area contributed by atoms with Crippen LogP contribution in [0, 0.1) is 12.3 Å². The number of nitrogens with one attached hydrogen (secondary N) is 1. The van der Waals surface area contributed by atoms with Crippen LogP contribution in [0.4, 0.5) is 5.69 Å². The van der Waals surface area contributed by atoms with Gasteiger partial charge in [0.1, 0.15) is 5.02 Å². The molecule has 1 unspecified atom stereocenters. The van der Waals surface area contributed by atoms with E-state index in [1.807, 2.05) is 0 Å². The monoisotopic (exact) mass is 237 g/mol. The summed E-state index contributed by atoms with van der Waals surface area (Å²) in [5.41, 5.74) is 0.0771. The van der Waals surface area contributed by atoms with Crippen molar-refractivity contribution in [1.29, 1.82) is 0 Å². The molecule has 0 aliphatic rings. The van der Waals surface area contributed by atoms with Gasteiger partial charge in [0.15, 0.2) is 0 Å². The van der Waals surface area contributed by atoms with Crippen LogP contribution in [0.15, 0.2) is 23.6 Å². The summed E-state index contributed by atoms with van der Waals surface area (Å²) >= 11 is 5.90. The molecule has 0 saturated carbocycles. The maximum absolute atomic E-state index is 11.7. The summed E-state index contributed by atoms with van der Waals surface area (Å²) in [5, 5.41) is 6.92. The summed E-state index contributed by atoms with van der Waals surface area (Å²) in [6.07, 6.45) is 8.26. The van der Waals surface area contributed by atoms with E-state index in [9.17, 15) is 4.79 Å². The molecule has 0 amide bonds. The van der Waals surface area contributed by atoms with Gasteiger partial charge in [-0.25, -0.2) is 4.68 Å². The van der Waals surface area contributed by atoms with Gasteiger partial charge in [-0.2, -0.15) is 5.10 Å². The lowest BCUT2D eigenvalue weighted by molar-refractivity contribution is 0.652. The first-order valence-corrected chi connectivity index (χ1v) is 5.07. The minimum absolute atomic E-state index is 0.0824. The lowest BCUT2D eigenvalue weighted by Crippen LogP contribution is -2.25. The number of hydrogen-bond donors (Lipinski definition) is 1. The van der Waals surface area contributed by atoms with Gasteiger partial charge in [0, 0.05) is 0 Å². The molecule has 0 radical (unpaired) electrons. The molecule has 16 heavy (non-hydrogen) atoms. The maximum Gasteiger partial charge on any atom is 0.287 e. The standard InChI is InChI=1S/C11H12ClN3O/c1-4-6-15-11(16)10(12)9(7-13-15)14-8(3)5-2/h2,4,7-8,14H,1,6H2,3H3. The van der Waals surface area contributed by atoms with Crippen molar-refractivity contribution in [3.8, 4) is 12.3 Å². The molecule has 1 aromatic rings. The van der Waals surface area contributed by atoms with Crippen LogP contribution in [0.1, 0.15) is 6.92 Å². The number of halogens is 1. The Balaban J connectivity index is 3.08. The minimum Gasteiger partial charge on any atom is -0.369 e. The number of allylic oxidation sites excluding steroid dienone is 1. The van der Waals surface area contributed by atoms with Crippen molar-refractivity contribution in [2.24, 2.45) is 0 Å². The highest BCUT2D eigenvalue weighted by molar-refractivity contribution is 6.32. The highest BCUT2D eigenvalue weighted by atomic mass is 35.5. The normalized spacial score (nSPS) is 11.6. The fourth-order valence-corrected chi connectivity index (χ4v) is 1.29. The zero-order valence-electron chi connectivity index (χ0n) is 8.90. The number of nitrogens with zero attached hydrogens (tertiary/aromatic N) is 2. The predicted molar refractivity (Wildman–Crippen MR) is 65.6 cm³/mol. The van der Waals surface area contributed by atoms with Crippen molar-refractivity contribution in [3.63, 3.8) is 0 Å². The summed E-state index contributed by atoms with van der Waals surface area (Å²) in [7, 11) is 0. The van der Waals surface area contributed by atoms with Crippen molar-refractivity contribution >= 4 is 17.3 Å². The molecule has 1 rings (SSSR count).